The molecule has 5 nitrogen and oxygen atoms in total. The van der Waals surface area contributed by atoms with Crippen LogP contribution in [0.4, 0.5) is 0 Å². The van der Waals surface area contributed by atoms with Crippen molar-refractivity contribution in [3.05, 3.63) is 35.4 Å². The molecule has 2 N–H and O–H groups in total. The molecule has 1 aromatic carbocycles. The van der Waals surface area contributed by atoms with Gasteiger partial charge in [-0.15, -0.1) is 0 Å². The Bertz CT molecular complexity index is 623. The lowest BCUT2D eigenvalue weighted by molar-refractivity contribution is -0.145. The zero-order valence-electron chi connectivity index (χ0n) is 11.8. The number of carbonyl (C=O) groups is 1. The highest BCUT2D eigenvalue weighted by atomic mass is 32.2. The molecule has 110 valence electrons. The van der Waals surface area contributed by atoms with E-state index >= 15 is 0 Å². The van der Waals surface area contributed by atoms with Gasteiger partial charge >= 0.3 is 5.97 Å². The highest BCUT2D eigenvalue weighted by molar-refractivity contribution is 7.91. The van der Waals surface area contributed by atoms with Crippen LogP contribution in [-0.2, 0) is 19.4 Å². The van der Waals surface area contributed by atoms with E-state index in [1.54, 1.807) is 6.92 Å². The third kappa shape index (κ3) is 2.33. The van der Waals surface area contributed by atoms with Crippen molar-refractivity contribution < 1.29 is 17.9 Å². The summed E-state index contributed by atoms with van der Waals surface area (Å²) in [6.45, 7) is 3.78. The Morgan fingerprint density at radius 1 is 1.35 bits per heavy atom. The van der Waals surface area contributed by atoms with Crippen LogP contribution < -0.4 is 5.73 Å². The summed E-state index contributed by atoms with van der Waals surface area (Å²) in [5, 5.41) is -0.920. The molecule has 0 bridgehead atoms. The molecule has 20 heavy (non-hydrogen) atoms. The summed E-state index contributed by atoms with van der Waals surface area (Å²) < 4.78 is 28.7. The van der Waals surface area contributed by atoms with Crippen molar-refractivity contribution in [1.82, 2.24) is 0 Å². The highest BCUT2D eigenvalue weighted by Gasteiger charge is 2.73. The predicted molar refractivity (Wildman–Crippen MR) is 76.1 cm³/mol. The number of nitrogens with two attached hydrogens (primary N) is 1. The second-order valence-electron chi connectivity index (χ2n) is 5.29. The van der Waals surface area contributed by atoms with Crippen molar-refractivity contribution in [3.8, 4) is 0 Å². The van der Waals surface area contributed by atoms with Crippen LogP contribution >= 0.6 is 0 Å². The van der Waals surface area contributed by atoms with Crippen molar-refractivity contribution in [1.29, 1.82) is 0 Å². The van der Waals surface area contributed by atoms with Gasteiger partial charge in [-0.1, -0.05) is 29.8 Å². The average molecular weight is 297 g/mol. The summed E-state index contributed by atoms with van der Waals surface area (Å²) in [6, 6.07) is 7.37. The molecule has 0 aliphatic heterocycles. The standard InChI is InChI=1S/C14H19NO4S/c1-4-19-13(16)14(15)11(12(14)20(3,17)18)10-7-5-9(2)6-8-10/h5-8,11-12H,4,15H2,1-3H3/t11-,12+,14-/m1/s1. The molecule has 3 atom stereocenters. The van der Waals surface area contributed by atoms with E-state index in [1.165, 1.54) is 0 Å². The Labute approximate surface area is 119 Å². The minimum atomic E-state index is -3.43. The first-order valence-electron chi connectivity index (χ1n) is 6.44. The molecule has 0 heterocycles. The maximum atomic E-state index is 12.0. The first-order chi connectivity index (χ1) is 9.22. The topological polar surface area (TPSA) is 86.5 Å². The average Bonchev–Trinajstić information content (AvgIpc) is 2.99. The van der Waals surface area contributed by atoms with Crippen molar-refractivity contribution in [2.24, 2.45) is 5.73 Å². The number of sulfone groups is 1. The van der Waals surface area contributed by atoms with Crippen molar-refractivity contribution in [2.75, 3.05) is 12.9 Å². The zero-order valence-corrected chi connectivity index (χ0v) is 12.6. The van der Waals surface area contributed by atoms with Gasteiger partial charge < -0.3 is 10.5 Å². The third-order valence-corrected chi connectivity index (χ3v) is 5.29. The number of ether oxygens (including phenoxy) is 1. The number of rotatable bonds is 4. The van der Waals surface area contributed by atoms with Gasteiger partial charge in [0.15, 0.2) is 9.84 Å². The van der Waals surface area contributed by atoms with E-state index in [2.05, 4.69) is 0 Å². The van der Waals surface area contributed by atoms with Crippen LogP contribution in [0.1, 0.15) is 24.0 Å². The van der Waals surface area contributed by atoms with Gasteiger partial charge in [0.05, 0.1) is 11.9 Å². The molecule has 1 aliphatic rings. The summed E-state index contributed by atoms with van der Waals surface area (Å²) in [7, 11) is -3.43. The predicted octanol–water partition coefficient (Wildman–Crippen LogP) is 0.766. The summed E-state index contributed by atoms with van der Waals surface area (Å²) in [6.07, 6.45) is 1.10. The molecular weight excluding hydrogens is 278 g/mol. The van der Waals surface area contributed by atoms with Gasteiger partial charge in [0, 0.05) is 12.2 Å². The summed E-state index contributed by atoms with van der Waals surface area (Å²) in [4.78, 5) is 12.0. The molecule has 1 saturated carbocycles. The Kier molecular flexibility index (Phi) is 3.64. The van der Waals surface area contributed by atoms with Gasteiger partial charge in [0.25, 0.3) is 0 Å². The number of aryl methyl sites for hydroxylation is 1. The van der Waals surface area contributed by atoms with Crippen LogP contribution in [0.5, 0.6) is 0 Å². The molecule has 6 heteroatoms. The smallest absolute Gasteiger partial charge is 0.328 e. The molecule has 1 aromatic rings. The SMILES string of the molecule is CCOC(=O)[C@@]1(N)[C@H](c2ccc(C)cc2)[C@@H]1S(C)(=O)=O. The fourth-order valence-electron chi connectivity index (χ4n) is 2.70. The zero-order chi connectivity index (χ0) is 15.1. The molecular formula is C14H19NO4S. The molecule has 0 aromatic heterocycles. The maximum Gasteiger partial charge on any atom is 0.328 e. The first-order valence-corrected chi connectivity index (χ1v) is 8.40. The Balaban J connectivity index is 2.41. The fraction of sp³-hybridized carbons (Fsp3) is 0.500. The summed E-state index contributed by atoms with van der Waals surface area (Å²) in [5.74, 6) is -1.20. The fourth-order valence-corrected chi connectivity index (χ4v) is 4.45. The van der Waals surface area contributed by atoms with Gasteiger partial charge in [-0.2, -0.15) is 0 Å². The summed E-state index contributed by atoms with van der Waals surface area (Å²) >= 11 is 0. The minimum absolute atomic E-state index is 0.175. The van der Waals surface area contributed by atoms with E-state index in [4.69, 9.17) is 10.5 Å². The van der Waals surface area contributed by atoms with E-state index < -0.39 is 32.5 Å². The summed E-state index contributed by atoms with van der Waals surface area (Å²) in [5.41, 5.74) is 6.40. The van der Waals surface area contributed by atoms with Gasteiger partial charge in [-0.05, 0) is 19.4 Å². The van der Waals surface area contributed by atoms with Crippen LogP contribution in [0.3, 0.4) is 0 Å². The highest BCUT2D eigenvalue weighted by Crippen LogP contribution is 2.54. The monoisotopic (exact) mass is 297 g/mol. The van der Waals surface area contributed by atoms with Crippen LogP contribution in [0, 0.1) is 6.92 Å². The largest absolute Gasteiger partial charge is 0.465 e. The van der Waals surface area contributed by atoms with E-state index in [0.29, 0.717) is 0 Å². The van der Waals surface area contributed by atoms with Gasteiger partial charge in [-0.25, -0.2) is 13.2 Å². The van der Waals surface area contributed by atoms with Crippen molar-refractivity contribution >= 4 is 15.8 Å². The Morgan fingerprint density at radius 2 is 1.90 bits per heavy atom. The number of carbonyl (C=O) groups excluding carboxylic acids is 1. The first kappa shape index (κ1) is 15.0. The van der Waals surface area contributed by atoms with Gasteiger partial charge in [-0.3, -0.25) is 0 Å². The van der Waals surface area contributed by atoms with Crippen LogP contribution in [0.15, 0.2) is 24.3 Å². The minimum Gasteiger partial charge on any atom is -0.465 e. The van der Waals surface area contributed by atoms with Crippen LogP contribution in [0.2, 0.25) is 0 Å². The number of benzene rings is 1. The normalized spacial score (nSPS) is 29.0. The molecule has 2 rings (SSSR count). The second kappa shape index (κ2) is 4.86. The Morgan fingerprint density at radius 3 is 2.35 bits per heavy atom. The van der Waals surface area contributed by atoms with Gasteiger partial charge in [0.1, 0.15) is 5.54 Å². The molecule has 0 unspecified atom stereocenters. The molecule has 0 spiro atoms. The molecule has 1 aliphatic carbocycles. The molecule has 0 radical (unpaired) electrons. The van der Waals surface area contributed by atoms with E-state index in [9.17, 15) is 13.2 Å². The maximum absolute atomic E-state index is 12.0. The lowest BCUT2D eigenvalue weighted by atomic mass is 10.1. The van der Waals surface area contributed by atoms with Crippen molar-refractivity contribution in [3.63, 3.8) is 0 Å². The van der Waals surface area contributed by atoms with E-state index in [1.807, 2.05) is 31.2 Å². The van der Waals surface area contributed by atoms with Gasteiger partial charge in [0.2, 0.25) is 0 Å². The number of hydrogen-bond donors (Lipinski definition) is 1. The number of esters is 1. The molecule has 0 saturated heterocycles. The lowest BCUT2D eigenvalue weighted by Crippen LogP contribution is -2.41. The second-order valence-corrected chi connectivity index (χ2v) is 7.46. The Hall–Kier alpha value is -1.40. The van der Waals surface area contributed by atoms with Crippen molar-refractivity contribution in [2.45, 2.75) is 30.6 Å². The van der Waals surface area contributed by atoms with Crippen LogP contribution in [-0.4, -0.2) is 38.0 Å². The van der Waals surface area contributed by atoms with E-state index in [-0.39, 0.29) is 6.61 Å². The quantitative estimate of drug-likeness (QED) is 0.829. The molecule has 1 fully saturated rings. The third-order valence-electron chi connectivity index (χ3n) is 3.71. The van der Waals surface area contributed by atoms with E-state index in [0.717, 1.165) is 17.4 Å². The molecule has 0 amide bonds. The lowest BCUT2D eigenvalue weighted by Gasteiger charge is -2.10. The van der Waals surface area contributed by atoms with Crippen LogP contribution in [0.25, 0.3) is 0 Å². The number of hydrogen-bond acceptors (Lipinski definition) is 5.